The molecule has 0 aromatic carbocycles. The zero-order chi connectivity index (χ0) is 12.6. The van der Waals surface area contributed by atoms with Gasteiger partial charge in [-0.15, -0.1) is 0 Å². The van der Waals surface area contributed by atoms with Gasteiger partial charge in [-0.25, -0.2) is 0 Å². The van der Waals surface area contributed by atoms with E-state index < -0.39 is 5.91 Å². The van der Waals surface area contributed by atoms with Gasteiger partial charge in [0.25, 0.3) is 5.91 Å². The van der Waals surface area contributed by atoms with E-state index in [1.54, 1.807) is 20.0 Å². The molecule has 7 heteroatoms. The molecule has 2 aromatic heterocycles. The van der Waals surface area contributed by atoms with E-state index in [-0.39, 0.29) is 11.4 Å². The van der Waals surface area contributed by atoms with Crippen LogP contribution in [0.1, 0.15) is 21.7 Å². The van der Waals surface area contributed by atoms with Crippen LogP contribution in [0.3, 0.4) is 0 Å². The lowest BCUT2D eigenvalue weighted by molar-refractivity contribution is 0.0938. The summed E-state index contributed by atoms with van der Waals surface area (Å²) in [5.41, 5.74) is 6.90. The molecule has 0 saturated carbocycles. The minimum atomic E-state index is -0.410. The summed E-state index contributed by atoms with van der Waals surface area (Å²) in [5.74, 6) is -0.372. The molecule has 2 rings (SSSR count). The van der Waals surface area contributed by atoms with Crippen LogP contribution in [0, 0.1) is 18.3 Å². The summed E-state index contributed by atoms with van der Waals surface area (Å²) in [4.78, 5) is 12.1. The highest BCUT2D eigenvalue weighted by Gasteiger charge is 2.18. The molecule has 86 valence electrons. The maximum Gasteiger partial charge on any atom is 0.298 e. The molecule has 0 saturated heterocycles. The maximum atomic E-state index is 12.1. The molecule has 2 aromatic rings. The van der Waals surface area contributed by atoms with Crippen molar-refractivity contribution in [3.8, 4) is 6.07 Å². The fourth-order valence-electron chi connectivity index (χ4n) is 1.53. The molecule has 0 unspecified atom stereocenters. The lowest BCUT2D eigenvalue weighted by Gasteiger charge is -2.02. The quantitative estimate of drug-likeness (QED) is 0.746. The van der Waals surface area contributed by atoms with Gasteiger partial charge >= 0.3 is 0 Å². The Bertz CT molecular complexity index is 630. The molecule has 0 atom stereocenters. The predicted octanol–water partition coefficient (Wildman–Crippen LogP) is 0.0674. The molecule has 0 amide bonds. The van der Waals surface area contributed by atoms with Crippen molar-refractivity contribution in [2.45, 2.75) is 6.92 Å². The average molecular weight is 230 g/mol. The Kier molecular flexibility index (Phi) is 2.40. The zero-order valence-corrected chi connectivity index (χ0v) is 9.38. The second kappa shape index (κ2) is 3.75. The number of aromatic nitrogens is 4. The van der Waals surface area contributed by atoms with Gasteiger partial charge in [0.15, 0.2) is 0 Å². The van der Waals surface area contributed by atoms with Gasteiger partial charge in [-0.3, -0.25) is 9.48 Å². The van der Waals surface area contributed by atoms with Crippen molar-refractivity contribution in [3.05, 3.63) is 29.2 Å². The van der Waals surface area contributed by atoms with Gasteiger partial charge in [0.2, 0.25) is 0 Å². The summed E-state index contributed by atoms with van der Waals surface area (Å²) in [7, 11) is 1.66. The van der Waals surface area contributed by atoms with Gasteiger partial charge in [0, 0.05) is 7.05 Å². The number of rotatable bonds is 1. The Balaban J connectivity index is 2.48. The Morgan fingerprint density at radius 2 is 2.29 bits per heavy atom. The summed E-state index contributed by atoms with van der Waals surface area (Å²) in [6.07, 6.45) is 1.26. The highest BCUT2D eigenvalue weighted by atomic mass is 16.2. The number of aryl methyl sites for hydroxylation is 2. The molecule has 0 fully saturated rings. The van der Waals surface area contributed by atoms with Crippen molar-refractivity contribution in [2.75, 3.05) is 5.73 Å². The third kappa shape index (κ3) is 1.65. The van der Waals surface area contributed by atoms with Gasteiger partial charge in [-0.1, -0.05) is 0 Å². The number of nitrogens with zero attached hydrogens (tertiary/aromatic N) is 5. The summed E-state index contributed by atoms with van der Waals surface area (Å²) in [6, 6.07) is 3.49. The van der Waals surface area contributed by atoms with Gasteiger partial charge in [0.1, 0.15) is 23.1 Å². The van der Waals surface area contributed by atoms with E-state index in [1.807, 2.05) is 6.07 Å². The zero-order valence-electron chi connectivity index (χ0n) is 9.38. The average Bonchev–Trinajstić information content (AvgIpc) is 2.81. The number of carbonyl (C=O) groups is 1. The first-order chi connectivity index (χ1) is 8.04. The van der Waals surface area contributed by atoms with Crippen LogP contribution < -0.4 is 5.73 Å². The molecule has 2 heterocycles. The van der Waals surface area contributed by atoms with Gasteiger partial charge in [-0.2, -0.15) is 20.1 Å². The minimum Gasteiger partial charge on any atom is -0.382 e. The van der Waals surface area contributed by atoms with Crippen LogP contribution in [0.15, 0.2) is 12.3 Å². The summed E-state index contributed by atoms with van der Waals surface area (Å²) in [6.45, 7) is 1.78. The van der Waals surface area contributed by atoms with E-state index in [4.69, 9.17) is 11.0 Å². The SMILES string of the molecule is Cc1cc(C(=O)n2ncc(C#N)c2N)n(C)n1. The number of nitriles is 1. The van der Waals surface area contributed by atoms with Gasteiger partial charge in [0.05, 0.1) is 11.9 Å². The second-order valence-electron chi connectivity index (χ2n) is 3.57. The third-order valence-corrected chi connectivity index (χ3v) is 2.34. The van der Waals surface area contributed by atoms with E-state index in [9.17, 15) is 4.79 Å². The first-order valence-corrected chi connectivity index (χ1v) is 4.83. The van der Waals surface area contributed by atoms with Crippen molar-refractivity contribution in [2.24, 2.45) is 7.05 Å². The largest absolute Gasteiger partial charge is 0.382 e. The lowest BCUT2D eigenvalue weighted by Crippen LogP contribution is -2.19. The topological polar surface area (TPSA) is 103 Å². The van der Waals surface area contributed by atoms with E-state index in [2.05, 4.69) is 10.2 Å². The Morgan fingerprint density at radius 1 is 1.59 bits per heavy atom. The smallest absolute Gasteiger partial charge is 0.298 e. The van der Waals surface area contributed by atoms with E-state index in [1.165, 1.54) is 10.9 Å². The number of hydrogen-bond donors (Lipinski definition) is 1. The Labute approximate surface area is 97.1 Å². The summed E-state index contributed by atoms with van der Waals surface area (Å²) in [5, 5.41) is 16.6. The van der Waals surface area contributed by atoms with Crippen molar-refractivity contribution in [1.29, 1.82) is 5.26 Å². The van der Waals surface area contributed by atoms with Gasteiger partial charge in [-0.05, 0) is 13.0 Å². The van der Waals surface area contributed by atoms with Crippen molar-refractivity contribution in [3.63, 3.8) is 0 Å². The molecule has 0 aliphatic rings. The fourth-order valence-corrected chi connectivity index (χ4v) is 1.53. The third-order valence-electron chi connectivity index (χ3n) is 2.34. The first kappa shape index (κ1) is 10.9. The molecule has 0 aliphatic heterocycles. The first-order valence-electron chi connectivity index (χ1n) is 4.83. The van der Waals surface area contributed by atoms with E-state index >= 15 is 0 Å². The standard InChI is InChI=1S/C10H10N6O/c1-6-3-8(15(2)14-6)10(17)16-9(12)7(4-11)5-13-16/h3,5H,12H2,1-2H3. The molecular formula is C10H10N6O. The highest BCUT2D eigenvalue weighted by Crippen LogP contribution is 2.12. The number of nitrogen functional groups attached to an aromatic ring is 1. The van der Waals surface area contributed by atoms with Crippen LogP contribution in [-0.4, -0.2) is 25.5 Å². The number of anilines is 1. The molecule has 2 N–H and O–H groups in total. The van der Waals surface area contributed by atoms with Crippen LogP contribution >= 0.6 is 0 Å². The van der Waals surface area contributed by atoms with Gasteiger partial charge < -0.3 is 5.73 Å². The second-order valence-corrected chi connectivity index (χ2v) is 3.57. The molecule has 7 nitrogen and oxygen atoms in total. The summed E-state index contributed by atoms with van der Waals surface area (Å²) < 4.78 is 2.44. The van der Waals surface area contributed by atoms with E-state index in [0.717, 1.165) is 10.4 Å². The van der Waals surface area contributed by atoms with Crippen molar-refractivity contribution >= 4 is 11.7 Å². The van der Waals surface area contributed by atoms with Crippen LogP contribution in [0.25, 0.3) is 0 Å². The lowest BCUT2D eigenvalue weighted by atomic mass is 10.3. The monoisotopic (exact) mass is 230 g/mol. The molecule has 0 aliphatic carbocycles. The normalized spacial score (nSPS) is 10.2. The minimum absolute atomic E-state index is 0.0383. The van der Waals surface area contributed by atoms with E-state index in [0.29, 0.717) is 5.69 Å². The highest BCUT2D eigenvalue weighted by molar-refractivity contribution is 5.96. The molecule has 0 radical (unpaired) electrons. The maximum absolute atomic E-state index is 12.1. The number of hydrogen-bond acceptors (Lipinski definition) is 5. The molecule has 17 heavy (non-hydrogen) atoms. The van der Waals surface area contributed by atoms with Crippen LogP contribution in [0.4, 0.5) is 5.82 Å². The number of carbonyl (C=O) groups excluding carboxylic acids is 1. The summed E-state index contributed by atoms with van der Waals surface area (Å²) >= 11 is 0. The predicted molar refractivity (Wildman–Crippen MR) is 59.0 cm³/mol. The van der Waals surface area contributed by atoms with Crippen molar-refractivity contribution < 1.29 is 4.79 Å². The van der Waals surface area contributed by atoms with Crippen LogP contribution in [0.2, 0.25) is 0 Å². The van der Waals surface area contributed by atoms with Crippen LogP contribution in [-0.2, 0) is 7.05 Å². The Morgan fingerprint density at radius 3 is 2.76 bits per heavy atom. The fraction of sp³-hybridized carbons (Fsp3) is 0.200. The number of nitrogens with two attached hydrogens (primary N) is 1. The van der Waals surface area contributed by atoms with Crippen LogP contribution in [0.5, 0.6) is 0 Å². The Hall–Kier alpha value is -2.62. The molecule has 0 bridgehead atoms. The molecule has 0 spiro atoms. The molecular weight excluding hydrogens is 220 g/mol. The van der Waals surface area contributed by atoms with Crippen molar-refractivity contribution in [1.82, 2.24) is 19.6 Å².